The number of ether oxygens (including phenoxy) is 1. The van der Waals surface area contributed by atoms with Crippen molar-refractivity contribution in [2.75, 3.05) is 6.61 Å². The maximum Gasteiger partial charge on any atom is 0.240 e. The van der Waals surface area contributed by atoms with E-state index in [1.165, 1.54) is 12.1 Å². The van der Waals surface area contributed by atoms with Gasteiger partial charge in [-0.15, -0.1) is 0 Å². The van der Waals surface area contributed by atoms with Gasteiger partial charge in [0.2, 0.25) is 10.0 Å². The van der Waals surface area contributed by atoms with Gasteiger partial charge < -0.3 is 4.74 Å². The van der Waals surface area contributed by atoms with Gasteiger partial charge in [-0.1, -0.05) is 6.07 Å². The van der Waals surface area contributed by atoms with Gasteiger partial charge in [0.1, 0.15) is 0 Å². The third-order valence-corrected chi connectivity index (χ3v) is 4.61. The van der Waals surface area contributed by atoms with Gasteiger partial charge in [0.15, 0.2) is 0 Å². The number of hydrogen-bond donors (Lipinski definition) is 1. The van der Waals surface area contributed by atoms with Crippen LogP contribution in [0.1, 0.15) is 25.3 Å². The van der Waals surface area contributed by atoms with E-state index >= 15 is 0 Å². The lowest BCUT2D eigenvalue weighted by atomic mass is 9.90. The van der Waals surface area contributed by atoms with E-state index in [1.807, 2.05) is 13.0 Å². The Kier molecular flexibility index (Phi) is 4.20. The van der Waals surface area contributed by atoms with Gasteiger partial charge in [0.25, 0.3) is 0 Å². The molecular formula is C13H16N2O3S. The fraction of sp³-hybridized carbons (Fsp3) is 0.462. The fourth-order valence-corrected chi connectivity index (χ4v) is 3.36. The van der Waals surface area contributed by atoms with E-state index in [0.717, 1.165) is 0 Å². The SMILES string of the molecule is CCOC1CC(NS(=O)(=O)c2cccc(C#N)c2)C1. The van der Waals surface area contributed by atoms with Crippen molar-refractivity contribution in [2.45, 2.75) is 36.8 Å². The van der Waals surface area contributed by atoms with Crippen LogP contribution < -0.4 is 4.72 Å². The Balaban J connectivity index is 2.01. The first kappa shape index (κ1) is 14.0. The fourth-order valence-electron chi connectivity index (χ4n) is 2.05. The number of benzene rings is 1. The lowest BCUT2D eigenvalue weighted by Crippen LogP contribution is -2.47. The number of nitriles is 1. The van der Waals surface area contributed by atoms with Crippen LogP contribution in [0, 0.1) is 11.3 Å². The molecule has 1 aliphatic carbocycles. The summed E-state index contributed by atoms with van der Waals surface area (Å²) in [5, 5.41) is 8.78. The second-order valence-electron chi connectivity index (χ2n) is 4.51. The minimum atomic E-state index is -3.55. The molecule has 1 N–H and O–H groups in total. The number of rotatable bonds is 5. The molecule has 0 saturated heterocycles. The van der Waals surface area contributed by atoms with E-state index in [-0.39, 0.29) is 17.0 Å². The van der Waals surface area contributed by atoms with Gasteiger partial charge in [-0.3, -0.25) is 0 Å². The van der Waals surface area contributed by atoms with Gasteiger partial charge in [-0.25, -0.2) is 13.1 Å². The van der Waals surface area contributed by atoms with Gasteiger partial charge in [-0.2, -0.15) is 5.26 Å². The van der Waals surface area contributed by atoms with Crippen LogP contribution in [0.5, 0.6) is 0 Å². The summed E-state index contributed by atoms with van der Waals surface area (Å²) >= 11 is 0. The van der Waals surface area contributed by atoms with E-state index in [2.05, 4.69) is 4.72 Å². The minimum Gasteiger partial charge on any atom is -0.378 e. The first-order chi connectivity index (χ1) is 9.05. The number of nitrogens with zero attached hydrogens (tertiary/aromatic N) is 1. The summed E-state index contributed by atoms with van der Waals surface area (Å²) in [7, 11) is -3.55. The molecule has 5 nitrogen and oxygen atoms in total. The van der Waals surface area contributed by atoms with Crippen LogP contribution in [0.25, 0.3) is 0 Å². The topological polar surface area (TPSA) is 79.2 Å². The van der Waals surface area contributed by atoms with Crippen molar-refractivity contribution in [3.63, 3.8) is 0 Å². The number of hydrogen-bond acceptors (Lipinski definition) is 4. The molecule has 0 radical (unpaired) electrons. The second kappa shape index (κ2) is 5.70. The van der Waals surface area contributed by atoms with Crippen molar-refractivity contribution in [1.82, 2.24) is 4.72 Å². The van der Waals surface area contributed by atoms with Crippen molar-refractivity contribution in [1.29, 1.82) is 5.26 Å². The van der Waals surface area contributed by atoms with Crippen molar-refractivity contribution in [2.24, 2.45) is 0 Å². The monoisotopic (exact) mass is 280 g/mol. The molecule has 1 fully saturated rings. The molecule has 0 aromatic heterocycles. The molecule has 0 unspecified atom stereocenters. The Morgan fingerprint density at radius 1 is 1.47 bits per heavy atom. The molecule has 0 amide bonds. The van der Waals surface area contributed by atoms with E-state index in [9.17, 15) is 8.42 Å². The molecule has 1 aromatic rings. The van der Waals surface area contributed by atoms with Crippen molar-refractivity contribution >= 4 is 10.0 Å². The quantitative estimate of drug-likeness (QED) is 0.884. The first-order valence-electron chi connectivity index (χ1n) is 6.19. The molecule has 0 spiro atoms. The summed E-state index contributed by atoms with van der Waals surface area (Å²) in [6.45, 7) is 2.57. The molecule has 1 saturated carbocycles. The molecule has 0 heterocycles. The highest BCUT2D eigenvalue weighted by atomic mass is 32.2. The van der Waals surface area contributed by atoms with Crippen LogP contribution >= 0.6 is 0 Å². The Morgan fingerprint density at radius 3 is 2.84 bits per heavy atom. The highest BCUT2D eigenvalue weighted by molar-refractivity contribution is 7.89. The molecule has 102 valence electrons. The minimum absolute atomic E-state index is 0.0766. The third-order valence-electron chi connectivity index (χ3n) is 3.09. The average molecular weight is 280 g/mol. The van der Waals surface area contributed by atoms with Gasteiger partial charge >= 0.3 is 0 Å². The molecular weight excluding hydrogens is 264 g/mol. The summed E-state index contributed by atoms with van der Waals surface area (Å²) < 4.78 is 32.2. The summed E-state index contributed by atoms with van der Waals surface area (Å²) in [6, 6.07) is 7.86. The Labute approximate surface area is 113 Å². The summed E-state index contributed by atoms with van der Waals surface area (Å²) in [5.41, 5.74) is 0.337. The zero-order chi connectivity index (χ0) is 13.9. The van der Waals surface area contributed by atoms with Gasteiger partial charge in [0, 0.05) is 12.6 Å². The standard InChI is InChI=1S/C13H16N2O3S/c1-2-18-12-7-11(8-12)15-19(16,17)13-5-3-4-10(6-13)9-14/h3-6,11-12,15H,2,7-8H2,1H3. The Bertz CT molecular complexity index is 586. The predicted octanol–water partition coefficient (Wildman–Crippen LogP) is 1.40. The van der Waals surface area contributed by atoms with Gasteiger partial charge in [-0.05, 0) is 38.0 Å². The lowest BCUT2D eigenvalue weighted by molar-refractivity contribution is -0.00475. The molecule has 0 bridgehead atoms. The third kappa shape index (κ3) is 3.32. The first-order valence-corrected chi connectivity index (χ1v) is 7.67. The molecule has 0 atom stereocenters. The summed E-state index contributed by atoms with van der Waals surface area (Å²) in [5.74, 6) is 0. The maximum absolute atomic E-state index is 12.1. The lowest BCUT2D eigenvalue weighted by Gasteiger charge is -2.35. The smallest absolute Gasteiger partial charge is 0.240 e. The molecule has 6 heteroatoms. The van der Waals surface area contributed by atoms with E-state index in [1.54, 1.807) is 12.1 Å². The van der Waals surface area contributed by atoms with Crippen molar-refractivity contribution in [3.8, 4) is 6.07 Å². The van der Waals surface area contributed by atoms with Crippen molar-refractivity contribution in [3.05, 3.63) is 29.8 Å². The highest BCUT2D eigenvalue weighted by Gasteiger charge is 2.33. The Hall–Kier alpha value is -1.42. The number of nitrogens with one attached hydrogen (secondary N) is 1. The average Bonchev–Trinajstić information content (AvgIpc) is 2.36. The molecule has 0 aliphatic heterocycles. The maximum atomic E-state index is 12.1. The zero-order valence-electron chi connectivity index (χ0n) is 10.7. The van der Waals surface area contributed by atoms with Crippen LogP contribution in [0.3, 0.4) is 0 Å². The van der Waals surface area contributed by atoms with Gasteiger partial charge in [0.05, 0.1) is 22.6 Å². The predicted molar refractivity (Wildman–Crippen MR) is 69.9 cm³/mol. The second-order valence-corrected chi connectivity index (χ2v) is 6.22. The summed E-state index contributed by atoms with van der Waals surface area (Å²) in [6.07, 6.45) is 1.55. The van der Waals surface area contributed by atoms with Crippen LogP contribution in [-0.4, -0.2) is 27.2 Å². The van der Waals surface area contributed by atoms with Crippen LogP contribution in [0.4, 0.5) is 0 Å². The van der Waals surface area contributed by atoms with Crippen LogP contribution in [0.2, 0.25) is 0 Å². The Morgan fingerprint density at radius 2 is 2.21 bits per heavy atom. The van der Waals surface area contributed by atoms with E-state index < -0.39 is 10.0 Å². The highest BCUT2D eigenvalue weighted by Crippen LogP contribution is 2.25. The summed E-state index contributed by atoms with van der Waals surface area (Å²) in [4.78, 5) is 0.131. The van der Waals surface area contributed by atoms with Crippen LogP contribution in [-0.2, 0) is 14.8 Å². The normalized spacial score (nSPS) is 22.5. The van der Waals surface area contributed by atoms with E-state index in [0.29, 0.717) is 25.0 Å². The molecule has 2 rings (SSSR count). The van der Waals surface area contributed by atoms with E-state index in [4.69, 9.17) is 10.00 Å². The van der Waals surface area contributed by atoms with Crippen LogP contribution in [0.15, 0.2) is 29.2 Å². The van der Waals surface area contributed by atoms with Crippen molar-refractivity contribution < 1.29 is 13.2 Å². The molecule has 1 aromatic carbocycles. The molecule has 19 heavy (non-hydrogen) atoms. The molecule has 1 aliphatic rings. The number of sulfonamides is 1. The largest absolute Gasteiger partial charge is 0.378 e. The zero-order valence-corrected chi connectivity index (χ0v) is 11.5.